The zero-order valence-electron chi connectivity index (χ0n) is 10.5. The van der Waals surface area contributed by atoms with Crippen molar-refractivity contribution in [2.24, 2.45) is 5.92 Å². The second kappa shape index (κ2) is 5.62. The summed E-state index contributed by atoms with van der Waals surface area (Å²) >= 11 is 12.8. The van der Waals surface area contributed by atoms with E-state index in [-0.39, 0.29) is 0 Å². The summed E-state index contributed by atoms with van der Waals surface area (Å²) in [5, 5.41) is 5.74. The van der Waals surface area contributed by atoms with E-state index in [0.29, 0.717) is 11.3 Å². The molecule has 17 heavy (non-hydrogen) atoms. The van der Waals surface area contributed by atoms with Gasteiger partial charge in [0.05, 0.1) is 16.4 Å². The van der Waals surface area contributed by atoms with Crippen LogP contribution in [0.1, 0.15) is 44.5 Å². The average molecular weight is 275 g/mol. The number of hydrogen-bond acceptors (Lipinski definition) is 1. The number of alkyl halides is 1. The minimum Gasteiger partial charge on any atom is -0.268 e. The largest absolute Gasteiger partial charge is 0.268 e. The molecule has 4 heteroatoms. The lowest BCUT2D eigenvalue weighted by atomic mass is 10.0. The summed E-state index contributed by atoms with van der Waals surface area (Å²) in [5.74, 6) is 0.570. The first-order valence-corrected chi connectivity index (χ1v) is 7.36. The SMILES string of the molecule is CCc1nn(CC)c(CC2CCCC2Cl)c1Cl. The van der Waals surface area contributed by atoms with Crippen molar-refractivity contribution in [2.75, 3.05) is 0 Å². The van der Waals surface area contributed by atoms with Gasteiger partial charge in [0.15, 0.2) is 0 Å². The Bertz CT molecular complexity index is 387. The van der Waals surface area contributed by atoms with Crippen LogP contribution >= 0.6 is 23.2 Å². The van der Waals surface area contributed by atoms with Crippen molar-refractivity contribution in [3.05, 3.63) is 16.4 Å². The van der Waals surface area contributed by atoms with Gasteiger partial charge in [0.2, 0.25) is 0 Å². The second-order valence-electron chi connectivity index (χ2n) is 4.79. The summed E-state index contributed by atoms with van der Waals surface area (Å²) in [6.45, 7) is 5.09. The molecule has 0 N–H and O–H groups in total. The lowest BCUT2D eigenvalue weighted by Gasteiger charge is -2.14. The maximum Gasteiger partial charge on any atom is 0.0849 e. The summed E-state index contributed by atoms with van der Waals surface area (Å²) < 4.78 is 2.04. The molecule has 96 valence electrons. The second-order valence-corrected chi connectivity index (χ2v) is 5.73. The molecule has 0 spiro atoms. The van der Waals surface area contributed by atoms with Crippen molar-refractivity contribution in [2.45, 2.75) is 57.9 Å². The fourth-order valence-electron chi connectivity index (χ4n) is 2.68. The highest BCUT2D eigenvalue weighted by molar-refractivity contribution is 6.31. The van der Waals surface area contributed by atoms with E-state index in [1.165, 1.54) is 18.5 Å². The fourth-order valence-corrected chi connectivity index (χ4v) is 3.40. The molecule has 2 atom stereocenters. The summed E-state index contributed by atoms with van der Waals surface area (Å²) in [5.41, 5.74) is 2.20. The van der Waals surface area contributed by atoms with Gasteiger partial charge in [0.1, 0.15) is 0 Å². The van der Waals surface area contributed by atoms with Crippen LogP contribution in [-0.4, -0.2) is 15.2 Å². The summed E-state index contributed by atoms with van der Waals surface area (Å²) in [7, 11) is 0. The molecule has 2 unspecified atom stereocenters. The maximum absolute atomic E-state index is 6.41. The first-order valence-electron chi connectivity index (χ1n) is 6.55. The average Bonchev–Trinajstić information content (AvgIpc) is 2.86. The van der Waals surface area contributed by atoms with Gasteiger partial charge in [0.25, 0.3) is 0 Å². The van der Waals surface area contributed by atoms with Crippen molar-refractivity contribution in [3.63, 3.8) is 0 Å². The predicted octanol–water partition coefficient (Wildman–Crippen LogP) is 4.07. The van der Waals surface area contributed by atoms with Gasteiger partial charge in [0, 0.05) is 11.9 Å². The summed E-state index contributed by atoms with van der Waals surface area (Å²) in [6.07, 6.45) is 5.49. The van der Waals surface area contributed by atoms with Crippen LogP contribution in [0.5, 0.6) is 0 Å². The molecule has 1 aromatic heterocycles. The van der Waals surface area contributed by atoms with Gasteiger partial charge in [-0.1, -0.05) is 24.9 Å². The topological polar surface area (TPSA) is 17.8 Å². The molecular formula is C13H20Cl2N2. The van der Waals surface area contributed by atoms with Gasteiger partial charge >= 0.3 is 0 Å². The molecule has 1 aliphatic rings. The fraction of sp³-hybridized carbons (Fsp3) is 0.769. The van der Waals surface area contributed by atoms with Crippen molar-refractivity contribution >= 4 is 23.2 Å². The smallest absolute Gasteiger partial charge is 0.0849 e. The highest BCUT2D eigenvalue weighted by atomic mass is 35.5. The van der Waals surface area contributed by atoms with E-state index < -0.39 is 0 Å². The van der Waals surface area contributed by atoms with Crippen LogP contribution < -0.4 is 0 Å². The molecule has 1 aromatic rings. The molecular weight excluding hydrogens is 255 g/mol. The third-order valence-electron chi connectivity index (χ3n) is 3.72. The Morgan fingerprint density at radius 2 is 2.12 bits per heavy atom. The Labute approximate surface area is 113 Å². The van der Waals surface area contributed by atoms with Crippen molar-refractivity contribution in [1.29, 1.82) is 0 Å². The van der Waals surface area contributed by atoms with Gasteiger partial charge in [-0.3, -0.25) is 4.68 Å². The monoisotopic (exact) mass is 274 g/mol. The van der Waals surface area contributed by atoms with Crippen molar-refractivity contribution < 1.29 is 0 Å². The number of halogens is 2. The standard InChI is InChI=1S/C13H20Cl2N2/c1-3-11-13(15)12(17(4-2)16-11)8-9-6-5-7-10(9)14/h9-10H,3-8H2,1-2H3. The molecule has 1 fully saturated rings. The number of rotatable bonds is 4. The van der Waals surface area contributed by atoms with Crippen molar-refractivity contribution in [3.8, 4) is 0 Å². The molecule has 2 rings (SSSR count). The van der Waals surface area contributed by atoms with E-state index in [0.717, 1.165) is 36.5 Å². The zero-order valence-corrected chi connectivity index (χ0v) is 12.1. The molecule has 0 aromatic carbocycles. The Kier molecular flexibility index (Phi) is 4.37. The van der Waals surface area contributed by atoms with Gasteiger partial charge in [-0.2, -0.15) is 5.10 Å². The van der Waals surface area contributed by atoms with E-state index in [1.807, 2.05) is 4.68 Å². The van der Waals surface area contributed by atoms with Gasteiger partial charge < -0.3 is 0 Å². The quantitative estimate of drug-likeness (QED) is 0.757. The van der Waals surface area contributed by atoms with Gasteiger partial charge in [-0.25, -0.2) is 0 Å². The van der Waals surface area contributed by atoms with Gasteiger partial charge in [-0.05, 0) is 38.5 Å². The Morgan fingerprint density at radius 1 is 1.35 bits per heavy atom. The molecule has 0 saturated heterocycles. The molecule has 0 aliphatic heterocycles. The first-order chi connectivity index (χ1) is 8.17. The number of aryl methyl sites for hydroxylation is 2. The molecule has 1 saturated carbocycles. The summed E-state index contributed by atoms with van der Waals surface area (Å²) in [4.78, 5) is 0. The molecule has 0 bridgehead atoms. The lowest BCUT2D eigenvalue weighted by Crippen LogP contribution is -2.14. The molecule has 0 radical (unpaired) electrons. The minimum atomic E-state index is 0.316. The van der Waals surface area contributed by atoms with E-state index >= 15 is 0 Å². The van der Waals surface area contributed by atoms with Gasteiger partial charge in [-0.15, -0.1) is 11.6 Å². The third-order valence-corrected chi connectivity index (χ3v) is 4.73. The first kappa shape index (κ1) is 13.2. The lowest BCUT2D eigenvalue weighted by molar-refractivity contribution is 0.511. The van der Waals surface area contributed by atoms with Crippen LogP contribution in [0, 0.1) is 5.92 Å². The van der Waals surface area contributed by atoms with Crippen LogP contribution in [0.15, 0.2) is 0 Å². The Balaban J connectivity index is 2.21. The van der Waals surface area contributed by atoms with Crippen LogP contribution in [-0.2, 0) is 19.4 Å². The molecule has 0 amide bonds. The zero-order chi connectivity index (χ0) is 12.4. The summed E-state index contributed by atoms with van der Waals surface area (Å²) in [6, 6.07) is 0. The number of aromatic nitrogens is 2. The molecule has 1 aliphatic carbocycles. The molecule has 2 nitrogen and oxygen atoms in total. The van der Waals surface area contributed by atoms with Crippen molar-refractivity contribution in [1.82, 2.24) is 9.78 Å². The minimum absolute atomic E-state index is 0.316. The normalized spacial score (nSPS) is 24.5. The van der Waals surface area contributed by atoms with Crippen LogP contribution in [0.25, 0.3) is 0 Å². The Hall–Kier alpha value is -0.210. The number of nitrogens with zero attached hydrogens (tertiary/aromatic N) is 2. The van der Waals surface area contributed by atoms with Crippen LogP contribution in [0.4, 0.5) is 0 Å². The predicted molar refractivity (Wildman–Crippen MR) is 73.0 cm³/mol. The van der Waals surface area contributed by atoms with E-state index in [2.05, 4.69) is 18.9 Å². The van der Waals surface area contributed by atoms with Crippen LogP contribution in [0.3, 0.4) is 0 Å². The van der Waals surface area contributed by atoms with E-state index in [9.17, 15) is 0 Å². The number of hydrogen-bond donors (Lipinski definition) is 0. The maximum atomic E-state index is 6.41. The highest BCUT2D eigenvalue weighted by Crippen LogP contribution is 2.35. The van der Waals surface area contributed by atoms with E-state index in [1.54, 1.807) is 0 Å². The Morgan fingerprint density at radius 3 is 2.65 bits per heavy atom. The molecule has 1 heterocycles. The third kappa shape index (κ3) is 2.63. The van der Waals surface area contributed by atoms with E-state index in [4.69, 9.17) is 23.2 Å². The highest BCUT2D eigenvalue weighted by Gasteiger charge is 2.28. The van der Waals surface area contributed by atoms with Crippen LogP contribution in [0.2, 0.25) is 5.02 Å².